The highest BCUT2D eigenvalue weighted by atomic mass is 32.2. The van der Waals surface area contributed by atoms with Gasteiger partial charge in [0.15, 0.2) is 0 Å². The van der Waals surface area contributed by atoms with E-state index < -0.39 is 10.0 Å². The van der Waals surface area contributed by atoms with Gasteiger partial charge in [-0.2, -0.15) is 0 Å². The lowest BCUT2D eigenvalue weighted by molar-refractivity contribution is 0.204. The molecule has 0 aliphatic carbocycles. The minimum Gasteiger partial charge on any atom is -0.383 e. The van der Waals surface area contributed by atoms with Gasteiger partial charge in [0.25, 0.3) is 0 Å². The zero-order chi connectivity index (χ0) is 15.8. The molecule has 22 heavy (non-hydrogen) atoms. The predicted octanol–water partition coefficient (Wildman–Crippen LogP) is 1.96. The molecule has 0 saturated carbocycles. The van der Waals surface area contributed by atoms with E-state index >= 15 is 0 Å². The monoisotopic (exact) mass is 340 g/mol. The van der Waals surface area contributed by atoms with E-state index in [9.17, 15) is 8.42 Å². The van der Waals surface area contributed by atoms with E-state index in [1.54, 1.807) is 23.5 Å². The van der Waals surface area contributed by atoms with E-state index in [4.69, 9.17) is 4.74 Å². The number of nitrogens with one attached hydrogen (secondary N) is 2. The molecule has 0 atom stereocenters. The molecular formula is C15H20N2O3S2. The van der Waals surface area contributed by atoms with Crippen LogP contribution in [0.25, 0.3) is 0 Å². The van der Waals surface area contributed by atoms with Crippen LogP contribution in [-0.4, -0.2) is 28.7 Å². The van der Waals surface area contributed by atoms with E-state index in [0.29, 0.717) is 13.2 Å². The maximum Gasteiger partial charge on any atom is 0.240 e. The Hall–Kier alpha value is -1.25. The summed E-state index contributed by atoms with van der Waals surface area (Å²) >= 11 is 1.71. The molecule has 0 amide bonds. The van der Waals surface area contributed by atoms with Crippen molar-refractivity contribution in [3.8, 4) is 0 Å². The van der Waals surface area contributed by atoms with Crippen LogP contribution in [0.4, 0.5) is 0 Å². The Morgan fingerprint density at radius 3 is 2.55 bits per heavy atom. The van der Waals surface area contributed by atoms with Crippen LogP contribution in [0.2, 0.25) is 0 Å². The quantitative estimate of drug-likeness (QED) is 0.685. The molecule has 0 bridgehead atoms. The lowest BCUT2D eigenvalue weighted by atomic mass is 10.2. The van der Waals surface area contributed by atoms with Gasteiger partial charge < -0.3 is 10.1 Å². The average Bonchev–Trinajstić information content (AvgIpc) is 3.01. The first-order chi connectivity index (χ1) is 10.6. The molecule has 5 nitrogen and oxygen atoms in total. The van der Waals surface area contributed by atoms with Gasteiger partial charge in [-0.1, -0.05) is 18.2 Å². The Labute approximate surface area is 135 Å². The topological polar surface area (TPSA) is 67.4 Å². The third-order valence-electron chi connectivity index (χ3n) is 3.04. The van der Waals surface area contributed by atoms with Gasteiger partial charge in [0.1, 0.15) is 0 Å². The summed E-state index contributed by atoms with van der Waals surface area (Å²) in [7, 11) is -1.92. The van der Waals surface area contributed by atoms with Crippen molar-refractivity contribution in [3.63, 3.8) is 0 Å². The summed E-state index contributed by atoms with van der Waals surface area (Å²) in [6.07, 6.45) is 0. The smallest absolute Gasteiger partial charge is 0.240 e. The highest BCUT2D eigenvalue weighted by Gasteiger charge is 2.12. The van der Waals surface area contributed by atoms with Crippen LogP contribution >= 0.6 is 11.3 Å². The molecule has 2 N–H and O–H groups in total. The number of thiophene rings is 1. The van der Waals surface area contributed by atoms with E-state index in [2.05, 4.69) is 16.1 Å². The Morgan fingerprint density at radius 2 is 1.91 bits per heavy atom. The second kappa shape index (κ2) is 8.40. The Bertz CT molecular complexity index is 653. The summed E-state index contributed by atoms with van der Waals surface area (Å²) < 4.78 is 31.3. The second-order valence-electron chi connectivity index (χ2n) is 4.72. The highest BCUT2D eigenvalue weighted by molar-refractivity contribution is 7.89. The number of sulfonamides is 1. The summed E-state index contributed by atoms with van der Waals surface area (Å²) in [4.78, 5) is 1.55. The molecule has 1 aromatic carbocycles. The number of benzene rings is 1. The van der Waals surface area contributed by atoms with Crippen LogP contribution in [0.3, 0.4) is 0 Å². The van der Waals surface area contributed by atoms with E-state index in [1.165, 1.54) is 12.0 Å². The first-order valence-corrected chi connectivity index (χ1v) is 9.29. The van der Waals surface area contributed by atoms with Gasteiger partial charge in [-0.15, -0.1) is 11.3 Å². The lowest BCUT2D eigenvalue weighted by Gasteiger charge is -2.08. The molecule has 1 aromatic heterocycles. The second-order valence-corrected chi connectivity index (χ2v) is 7.52. The third-order valence-corrected chi connectivity index (χ3v) is 5.39. The molecule has 0 fully saturated rings. The summed E-state index contributed by atoms with van der Waals surface area (Å²) in [6.45, 7) is 2.14. The number of hydrogen-bond acceptors (Lipinski definition) is 5. The summed E-state index contributed by atoms with van der Waals surface area (Å²) in [5.41, 5.74) is 1.05. The molecule has 0 radical (unpaired) electrons. The molecule has 2 aromatic rings. The number of ether oxygens (including phenoxy) is 1. The molecule has 0 aliphatic rings. The van der Waals surface area contributed by atoms with Crippen molar-refractivity contribution in [2.75, 3.05) is 20.3 Å². The third kappa shape index (κ3) is 5.19. The van der Waals surface area contributed by atoms with Crippen LogP contribution < -0.4 is 10.0 Å². The molecule has 0 saturated heterocycles. The van der Waals surface area contributed by atoms with Crippen molar-refractivity contribution in [2.24, 2.45) is 0 Å². The number of methoxy groups -OCH3 is 1. The fourth-order valence-electron chi connectivity index (χ4n) is 1.89. The first-order valence-electron chi connectivity index (χ1n) is 6.92. The van der Waals surface area contributed by atoms with Gasteiger partial charge in [-0.3, -0.25) is 0 Å². The molecule has 2 rings (SSSR count). The van der Waals surface area contributed by atoms with Gasteiger partial charge in [0, 0.05) is 31.6 Å². The van der Waals surface area contributed by atoms with Gasteiger partial charge >= 0.3 is 0 Å². The molecule has 7 heteroatoms. The number of rotatable bonds is 9. The van der Waals surface area contributed by atoms with Crippen molar-refractivity contribution in [1.82, 2.24) is 10.0 Å². The fourth-order valence-corrected chi connectivity index (χ4v) is 3.58. The summed E-state index contributed by atoms with van der Waals surface area (Å²) in [6, 6.07) is 11.0. The van der Waals surface area contributed by atoms with Gasteiger partial charge in [-0.25, -0.2) is 13.1 Å². The number of hydrogen-bond donors (Lipinski definition) is 2. The fraction of sp³-hybridized carbons (Fsp3) is 0.333. The summed E-state index contributed by atoms with van der Waals surface area (Å²) in [5.74, 6) is 0. The molecule has 1 heterocycles. The lowest BCUT2D eigenvalue weighted by Crippen LogP contribution is -2.27. The predicted molar refractivity (Wildman–Crippen MR) is 88.4 cm³/mol. The van der Waals surface area contributed by atoms with E-state index in [0.717, 1.165) is 12.1 Å². The summed E-state index contributed by atoms with van der Waals surface area (Å²) in [5, 5.41) is 5.38. The first kappa shape index (κ1) is 17.1. The normalized spacial score (nSPS) is 11.7. The average molecular weight is 340 g/mol. The van der Waals surface area contributed by atoms with E-state index in [1.807, 2.05) is 23.6 Å². The van der Waals surface area contributed by atoms with Crippen LogP contribution in [-0.2, 0) is 27.8 Å². The molecule has 0 unspecified atom stereocenters. The van der Waals surface area contributed by atoms with E-state index in [-0.39, 0.29) is 11.4 Å². The van der Waals surface area contributed by atoms with Gasteiger partial charge in [-0.05, 0) is 29.1 Å². The van der Waals surface area contributed by atoms with Crippen LogP contribution in [0.5, 0.6) is 0 Å². The van der Waals surface area contributed by atoms with Crippen molar-refractivity contribution < 1.29 is 13.2 Å². The Morgan fingerprint density at radius 1 is 1.14 bits per heavy atom. The maximum absolute atomic E-state index is 12.0. The largest absolute Gasteiger partial charge is 0.383 e. The van der Waals surface area contributed by atoms with Crippen molar-refractivity contribution in [1.29, 1.82) is 0 Å². The highest BCUT2D eigenvalue weighted by Crippen LogP contribution is 2.11. The van der Waals surface area contributed by atoms with Crippen molar-refractivity contribution in [2.45, 2.75) is 18.0 Å². The van der Waals surface area contributed by atoms with Crippen molar-refractivity contribution >= 4 is 21.4 Å². The minimum absolute atomic E-state index is 0.267. The molecule has 0 spiro atoms. The Kier molecular flexibility index (Phi) is 6.53. The maximum atomic E-state index is 12.0. The molecule has 120 valence electrons. The Balaban J connectivity index is 1.86. The standard InChI is InChI=1S/C15H20N2O3S2/c1-20-9-8-17-22(18,19)15-6-4-13(5-7-15)11-16-12-14-3-2-10-21-14/h2-7,10,16-17H,8-9,11-12H2,1H3. The molecular weight excluding hydrogens is 320 g/mol. The zero-order valence-electron chi connectivity index (χ0n) is 12.4. The molecule has 0 aliphatic heterocycles. The SMILES string of the molecule is COCCNS(=O)(=O)c1ccc(CNCc2cccs2)cc1. The van der Waals surface area contributed by atoms with Crippen LogP contribution in [0.15, 0.2) is 46.7 Å². The van der Waals surface area contributed by atoms with Crippen LogP contribution in [0.1, 0.15) is 10.4 Å². The zero-order valence-corrected chi connectivity index (χ0v) is 14.0. The van der Waals surface area contributed by atoms with Gasteiger partial charge in [0.05, 0.1) is 11.5 Å². The minimum atomic E-state index is -3.45. The van der Waals surface area contributed by atoms with Crippen LogP contribution in [0, 0.1) is 0 Å². The van der Waals surface area contributed by atoms with Crippen molar-refractivity contribution in [3.05, 3.63) is 52.2 Å². The van der Waals surface area contributed by atoms with Gasteiger partial charge in [0.2, 0.25) is 10.0 Å².